The van der Waals surface area contributed by atoms with Crippen LogP contribution in [0.3, 0.4) is 0 Å². The predicted molar refractivity (Wildman–Crippen MR) is 107 cm³/mol. The van der Waals surface area contributed by atoms with E-state index >= 15 is 0 Å². The van der Waals surface area contributed by atoms with Gasteiger partial charge in [0, 0.05) is 10.9 Å². The van der Waals surface area contributed by atoms with Gasteiger partial charge in [-0.15, -0.1) is 0 Å². The van der Waals surface area contributed by atoms with E-state index in [1.807, 2.05) is 24.3 Å². The van der Waals surface area contributed by atoms with Gasteiger partial charge in [-0.05, 0) is 31.5 Å². The van der Waals surface area contributed by atoms with E-state index in [9.17, 15) is 4.79 Å². The highest BCUT2D eigenvalue weighted by atomic mass is 31.1. The molecule has 3 aromatic rings. The van der Waals surface area contributed by atoms with E-state index < -0.39 is 7.92 Å². The zero-order chi connectivity index (χ0) is 17.5. The second kappa shape index (κ2) is 8.43. The van der Waals surface area contributed by atoms with Gasteiger partial charge in [0.2, 0.25) is 0 Å². The molecule has 0 bridgehead atoms. The first-order valence-electron chi connectivity index (χ1n) is 8.23. The second-order valence-corrected chi connectivity index (χ2v) is 7.89. The van der Waals surface area contributed by atoms with E-state index in [4.69, 9.17) is 0 Å². The topological polar surface area (TPSA) is 17.1 Å². The van der Waals surface area contributed by atoms with Gasteiger partial charge in [0.05, 0.1) is 6.42 Å². The number of benzene rings is 3. The lowest BCUT2D eigenvalue weighted by Gasteiger charge is -2.20. The Labute approximate surface area is 150 Å². The van der Waals surface area contributed by atoms with E-state index in [0.29, 0.717) is 6.42 Å². The highest BCUT2D eigenvalue weighted by Crippen LogP contribution is 2.33. The Morgan fingerprint density at radius 1 is 0.800 bits per heavy atom. The Morgan fingerprint density at radius 3 is 1.88 bits per heavy atom. The molecule has 0 aliphatic rings. The Kier molecular flexibility index (Phi) is 5.78. The SMILES string of the molecule is CC(=O)CC#Cc1ccccc1P(c1ccccc1)c1ccccc1. The van der Waals surface area contributed by atoms with Crippen molar-refractivity contribution in [3.8, 4) is 11.8 Å². The summed E-state index contributed by atoms with van der Waals surface area (Å²) in [5, 5.41) is 3.82. The van der Waals surface area contributed by atoms with Crippen molar-refractivity contribution in [1.82, 2.24) is 0 Å². The average molecular weight is 342 g/mol. The third-order valence-electron chi connectivity index (χ3n) is 3.73. The summed E-state index contributed by atoms with van der Waals surface area (Å²) in [6.07, 6.45) is 0.295. The highest BCUT2D eigenvalue weighted by Gasteiger charge is 2.18. The van der Waals surface area contributed by atoms with Crippen LogP contribution >= 0.6 is 7.92 Å². The smallest absolute Gasteiger partial charge is 0.141 e. The molecule has 0 N–H and O–H groups in total. The van der Waals surface area contributed by atoms with Crippen LogP contribution in [0.15, 0.2) is 84.9 Å². The van der Waals surface area contributed by atoms with Crippen LogP contribution < -0.4 is 15.9 Å². The number of hydrogen-bond acceptors (Lipinski definition) is 1. The van der Waals surface area contributed by atoms with Gasteiger partial charge in [-0.25, -0.2) is 0 Å². The lowest BCUT2D eigenvalue weighted by molar-refractivity contribution is -0.116. The number of carbonyl (C=O) groups excluding carboxylic acids is 1. The van der Waals surface area contributed by atoms with Crippen LogP contribution in [-0.2, 0) is 4.79 Å². The minimum Gasteiger partial charge on any atom is -0.299 e. The lowest BCUT2D eigenvalue weighted by Crippen LogP contribution is -2.22. The van der Waals surface area contributed by atoms with Gasteiger partial charge in [0.15, 0.2) is 0 Å². The van der Waals surface area contributed by atoms with Crippen molar-refractivity contribution in [3.63, 3.8) is 0 Å². The summed E-state index contributed by atoms with van der Waals surface area (Å²) in [6, 6.07) is 29.4. The third kappa shape index (κ3) is 4.44. The molecule has 0 fully saturated rings. The first kappa shape index (κ1) is 17.2. The first-order chi connectivity index (χ1) is 12.3. The maximum absolute atomic E-state index is 11.2. The maximum Gasteiger partial charge on any atom is 0.141 e. The standard InChI is InChI=1S/C23H19OP/c1-19(24)11-10-13-20-12-8-9-18-23(20)25(21-14-4-2-5-15-21)22-16-6-3-7-17-22/h2-9,12,14-18H,11H2,1H3. The van der Waals surface area contributed by atoms with Gasteiger partial charge in [-0.2, -0.15) is 0 Å². The Hall–Kier alpha value is -2.68. The quantitative estimate of drug-likeness (QED) is 0.521. The summed E-state index contributed by atoms with van der Waals surface area (Å²) in [5.41, 5.74) is 1.00. The molecular formula is C23H19OP. The minimum absolute atomic E-state index is 0.0957. The molecule has 0 aliphatic heterocycles. The molecule has 0 unspecified atom stereocenters. The molecule has 0 radical (unpaired) electrons. The van der Waals surface area contributed by atoms with Crippen LogP contribution in [0, 0.1) is 11.8 Å². The fourth-order valence-corrected chi connectivity index (χ4v) is 5.02. The second-order valence-electron chi connectivity index (χ2n) is 5.70. The van der Waals surface area contributed by atoms with E-state index in [-0.39, 0.29) is 5.78 Å². The van der Waals surface area contributed by atoms with E-state index in [2.05, 4.69) is 72.5 Å². The normalized spacial score (nSPS) is 10.2. The molecule has 0 aliphatic carbocycles. The number of carbonyl (C=O) groups is 1. The summed E-state index contributed by atoms with van der Waals surface area (Å²) in [4.78, 5) is 11.2. The maximum atomic E-state index is 11.2. The van der Waals surface area contributed by atoms with Crippen molar-refractivity contribution >= 4 is 29.6 Å². The molecule has 0 saturated carbocycles. The molecule has 0 atom stereocenters. The summed E-state index contributed by atoms with van der Waals surface area (Å²) in [6.45, 7) is 1.57. The molecule has 25 heavy (non-hydrogen) atoms. The summed E-state index contributed by atoms with van der Waals surface area (Å²) < 4.78 is 0. The Bertz CT molecular complexity index is 865. The van der Waals surface area contributed by atoms with Crippen LogP contribution in [0.5, 0.6) is 0 Å². The van der Waals surface area contributed by atoms with Crippen LogP contribution in [-0.4, -0.2) is 5.78 Å². The van der Waals surface area contributed by atoms with Crippen molar-refractivity contribution < 1.29 is 4.79 Å². The van der Waals surface area contributed by atoms with E-state index in [1.165, 1.54) is 15.9 Å². The Balaban J connectivity index is 2.11. The summed E-state index contributed by atoms with van der Waals surface area (Å²) in [7, 11) is -0.686. The molecule has 3 aromatic carbocycles. The fourth-order valence-electron chi connectivity index (χ4n) is 2.62. The van der Waals surface area contributed by atoms with Gasteiger partial charge < -0.3 is 0 Å². The Morgan fingerprint density at radius 2 is 1.32 bits per heavy atom. The molecule has 0 spiro atoms. The highest BCUT2D eigenvalue weighted by molar-refractivity contribution is 7.79. The van der Waals surface area contributed by atoms with Crippen LogP contribution in [0.25, 0.3) is 0 Å². The lowest BCUT2D eigenvalue weighted by atomic mass is 10.2. The number of rotatable bonds is 4. The van der Waals surface area contributed by atoms with Crippen molar-refractivity contribution in [2.24, 2.45) is 0 Å². The molecule has 3 rings (SSSR count). The van der Waals surface area contributed by atoms with Crippen molar-refractivity contribution in [2.45, 2.75) is 13.3 Å². The summed E-state index contributed by atoms with van der Waals surface area (Å²) in [5.74, 6) is 6.32. The fraction of sp³-hybridized carbons (Fsp3) is 0.0870. The zero-order valence-electron chi connectivity index (χ0n) is 14.1. The summed E-state index contributed by atoms with van der Waals surface area (Å²) >= 11 is 0. The van der Waals surface area contributed by atoms with E-state index in [0.717, 1.165) is 5.56 Å². The van der Waals surface area contributed by atoms with E-state index in [1.54, 1.807) is 6.92 Å². The molecule has 1 nitrogen and oxygen atoms in total. The van der Waals surface area contributed by atoms with Gasteiger partial charge in [0.1, 0.15) is 5.78 Å². The molecule has 0 amide bonds. The monoisotopic (exact) mass is 342 g/mol. The number of ketones is 1. The van der Waals surface area contributed by atoms with Crippen molar-refractivity contribution in [3.05, 3.63) is 90.5 Å². The predicted octanol–water partition coefficient (Wildman–Crippen LogP) is 3.78. The molecule has 0 aromatic heterocycles. The molecule has 0 saturated heterocycles. The minimum atomic E-state index is -0.686. The number of hydrogen-bond donors (Lipinski definition) is 0. The molecule has 0 heterocycles. The molecule has 2 heteroatoms. The van der Waals surface area contributed by atoms with Crippen molar-refractivity contribution in [2.75, 3.05) is 0 Å². The van der Waals surface area contributed by atoms with Gasteiger partial charge >= 0.3 is 0 Å². The first-order valence-corrected chi connectivity index (χ1v) is 9.57. The van der Waals surface area contributed by atoms with Gasteiger partial charge in [-0.3, -0.25) is 4.79 Å². The average Bonchev–Trinajstić information content (AvgIpc) is 2.65. The van der Waals surface area contributed by atoms with Crippen LogP contribution in [0.2, 0.25) is 0 Å². The van der Waals surface area contributed by atoms with Crippen molar-refractivity contribution in [1.29, 1.82) is 0 Å². The third-order valence-corrected chi connectivity index (χ3v) is 6.23. The van der Waals surface area contributed by atoms with Gasteiger partial charge in [0.25, 0.3) is 0 Å². The number of Topliss-reactive ketones (excluding diaryl/α,β-unsaturated/α-hetero) is 1. The molecule has 122 valence electrons. The largest absolute Gasteiger partial charge is 0.299 e. The van der Waals surface area contributed by atoms with Crippen LogP contribution in [0.4, 0.5) is 0 Å². The van der Waals surface area contributed by atoms with Gasteiger partial charge in [-0.1, -0.05) is 90.7 Å². The molecular weight excluding hydrogens is 323 g/mol. The zero-order valence-corrected chi connectivity index (χ0v) is 15.0. The van der Waals surface area contributed by atoms with Crippen LogP contribution in [0.1, 0.15) is 18.9 Å².